The second-order valence-corrected chi connectivity index (χ2v) is 9.38. The van der Waals surface area contributed by atoms with Gasteiger partial charge in [-0.2, -0.15) is 0 Å². The molecule has 0 radical (unpaired) electrons. The Morgan fingerprint density at radius 1 is 0.935 bits per heavy atom. The standard InChI is InChI=1S/C25H25N3O3/c29-22-20-19(14-15-8-2-1-3-9-15)27-25(17-12-6-7-13-18(17)26-24(25)31)21(20)23(30)28(22)16-10-4-5-11-16/h1-3,6-9,12-13,16,19-21,27H,4-5,10-11,14H2,(H,26,31)/p+1/t19-,20-,21-,25+/m1/s1. The summed E-state index contributed by atoms with van der Waals surface area (Å²) in [5, 5.41) is 5.02. The number of hydrogen-bond acceptors (Lipinski definition) is 3. The van der Waals surface area contributed by atoms with E-state index in [9.17, 15) is 14.4 Å². The van der Waals surface area contributed by atoms with Crippen molar-refractivity contribution in [1.82, 2.24) is 4.90 Å². The van der Waals surface area contributed by atoms with Crippen molar-refractivity contribution in [2.45, 2.75) is 49.7 Å². The zero-order valence-corrected chi connectivity index (χ0v) is 17.3. The van der Waals surface area contributed by atoms with Crippen molar-refractivity contribution >= 4 is 23.4 Å². The molecule has 3 fully saturated rings. The van der Waals surface area contributed by atoms with E-state index in [1.165, 1.54) is 0 Å². The first kappa shape index (κ1) is 18.8. The maximum absolute atomic E-state index is 13.8. The highest BCUT2D eigenvalue weighted by Gasteiger charge is 2.74. The first-order valence-electron chi connectivity index (χ1n) is 11.3. The molecule has 3 amide bonds. The first-order chi connectivity index (χ1) is 15.1. The van der Waals surface area contributed by atoms with Gasteiger partial charge in [0.25, 0.3) is 5.91 Å². The minimum Gasteiger partial charge on any atom is -0.326 e. The van der Waals surface area contributed by atoms with E-state index in [4.69, 9.17) is 0 Å². The number of nitrogens with one attached hydrogen (secondary N) is 1. The number of quaternary nitrogens is 1. The minimum absolute atomic E-state index is 0.0141. The van der Waals surface area contributed by atoms with E-state index in [0.717, 1.165) is 42.5 Å². The molecule has 0 unspecified atom stereocenters. The second-order valence-electron chi connectivity index (χ2n) is 9.38. The van der Waals surface area contributed by atoms with Crippen LogP contribution in [0.25, 0.3) is 0 Å². The summed E-state index contributed by atoms with van der Waals surface area (Å²) >= 11 is 0. The number of carbonyl (C=O) groups is 3. The number of imide groups is 1. The highest BCUT2D eigenvalue weighted by molar-refractivity contribution is 6.14. The largest absolute Gasteiger partial charge is 0.326 e. The molecule has 0 aromatic heterocycles. The smallest absolute Gasteiger partial charge is 0.291 e. The van der Waals surface area contributed by atoms with Gasteiger partial charge in [-0.1, -0.05) is 61.4 Å². The molecule has 1 aliphatic carbocycles. The molecule has 3 aliphatic heterocycles. The molecule has 6 rings (SSSR count). The van der Waals surface area contributed by atoms with Crippen molar-refractivity contribution in [2.75, 3.05) is 5.32 Å². The van der Waals surface area contributed by atoms with E-state index in [2.05, 4.69) is 5.32 Å². The third kappa shape index (κ3) is 2.51. The van der Waals surface area contributed by atoms with Crippen LogP contribution >= 0.6 is 0 Å². The number of amides is 3. The summed E-state index contributed by atoms with van der Waals surface area (Å²) in [5.41, 5.74) is 1.63. The highest BCUT2D eigenvalue weighted by atomic mass is 16.2. The van der Waals surface area contributed by atoms with Gasteiger partial charge in [0.2, 0.25) is 17.4 Å². The lowest BCUT2D eigenvalue weighted by Crippen LogP contribution is -2.99. The highest BCUT2D eigenvalue weighted by Crippen LogP contribution is 2.50. The molecule has 3 N–H and O–H groups in total. The van der Waals surface area contributed by atoms with E-state index >= 15 is 0 Å². The van der Waals surface area contributed by atoms with Gasteiger partial charge in [0.15, 0.2) is 0 Å². The Morgan fingerprint density at radius 3 is 2.42 bits per heavy atom. The number of para-hydroxylation sites is 1. The van der Waals surface area contributed by atoms with Gasteiger partial charge in [0.1, 0.15) is 17.9 Å². The Labute approximate surface area is 181 Å². The van der Waals surface area contributed by atoms with Crippen molar-refractivity contribution in [3.05, 3.63) is 65.7 Å². The molecule has 3 heterocycles. The summed E-state index contributed by atoms with van der Waals surface area (Å²) in [4.78, 5) is 42.5. The van der Waals surface area contributed by atoms with Crippen LogP contribution in [0.1, 0.15) is 36.8 Å². The number of nitrogens with two attached hydrogens (primary N) is 1. The zero-order chi connectivity index (χ0) is 21.2. The van der Waals surface area contributed by atoms with E-state index < -0.39 is 17.4 Å². The lowest BCUT2D eigenvalue weighted by molar-refractivity contribution is -0.733. The molecular weight excluding hydrogens is 390 g/mol. The Hall–Kier alpha value is -2.99. The van der Waals surface area contributed by atoms with Crippen LogP contribution < -0.4 is 10.6 Å². The van der Waals surface area contributed by atoms with Crippen LogP contribution in [0.2, 0.25) is 0 Å². The average Bonchev–Trinajstić information content (AvgIpc) is 3.52. The maximum atomic E-state index is 13.8. The van der Waals surface area contributed by atoms with Crippen LogP contribution in [0.5, 0.6) is 0 Å². The summed E-state index contributed by atoms with van der Waals surface area (Å²) in [7, 11) is 0. The lowest BCUT2D eigenvalue weighted by Gasteiger charge is -2.28. The average molecular weight is 417 g/mol. The molecule has 31 heavy (non-hydrogen) atoms. The van der Waals surface area contributed by atoms with Crippen molar-refractivity contribution < 1.29 is 19.7 Å². The number of hydrogen-bond donors (Lipinski definition) is 2. The van der Waals surface area contributed by atoms with Crippen LogP contribution in [-0.4, -0.2) is 34.7 Å². The SMILES string of the molecule is O=C1[C@@H]2[C@@H](Cc3ccccc3)[NH2+][C@]3(C(=O)Nc4ccccc43)[C@H]2C(=O)N1C1CCCC1. The van der Waals surface area contributed by atoms with Crippen LogP contribution in [0.3, 0.4) is 0 Å². The number of likely N-dealkylation sites (tertiary alicyclic amines) is 1. The number of anilines is 1. The van der Waals surface area contributed by atoms with Gasteiger partial charge in [-0.15, -0.1) is 0 Å². The van der Waals surface area contributed by atoms with Crippen LogP contribution in [0.15, 0.2) is 54.6 Å². The summed E-state index contributed by atoms with van der Waals surface area (Å²) in [6.45, 7) is 0. The molecule has 2 aromatic carbocycles. The number of nitrogens with zero attached hydrogens (tertiary/aromatic N) is 1. The normalized spacial score (nSPS) is 32.1. The Bertz CT molecular complexity index is 1080. The van der Waals surface area contributed by atoms with Gasteiger partial charge in [0.05, 0.1) is 5.69 Å². The maximum Gasteiger partial charge on any atom is 0.291 e. The molecule has 6 heteroatoms. The molecule has 4 aliphatic rings. The topological polar surface area (TPSA) is 83.1 Å². The zero-order valence-electron chi connectivity index (χ0n) is 17.3. The van der Waals surface area contributed by atoms with E-state index in [-0.39, 0.29) is 29.8 Å². The van der Waals surface area contributed by atoms with E-state index in [1.807, 2.05) is 59.9 Å². The molecule has 1 saturated carbocycles. The fourth-order valence-electron chi connectivity index (χ4n) is 6.54. The first-order valence-corrected chi connectivity index (χ1v) is 11.3. The monoisotopic (exact) mass is 416 g/mol. The molecule has 1 spiro atoms. The number of rotatable bonds is 3. The molecule has 158 valence electrons. The summed E-state index contributed by atoms with van der Waals surface area (Å²) in [5.74, 6) is -1.54. The Morgan fingerprint density at radius 2 is 1.65 bits per heavy atom. The summed E-state index contributed by atoms with van der Waals surface area (Å²) in [6.07, 6.45) is 4.49. The third-order valence-corrected chi connectivity index (χ3v) is 7.81. The fourth-order valence-corrected chi connectivity index (χ4v) is 6.54. The third-order valence-electron chi connectivity index (χ3n) is 7.81. The van der Waals surface area contributed by atoms with Crippen LogP contribution in [0, 0.1) is 11.8 Å². The van der Waals surface area contributed by atoms with Crippen molar-refractivity contribution in [2.24, 2.45) is 11.8 Å². The predicted molar refractivity (Wildman–Crippen MR) is 114 cm³/mol. The fraction of sp³-hybridized carbons (Fsp3) is 0.400. The molecule has 6 nitrogen and oxygen atoms in total. The van der Waals surface area contributed by atoms with Crippen molar-refractivity contribution in [1.29, 1.82) is 0 Å². The van der Waals surface area contributed by atoms with Gasteiger partial charge in [-0.3, -0.25) is 19.3 Å². The van der Waals surface area contributed by atoms with Gasteiger partial charge in [0, 0.05) is 18.0 Å². The predicted octanol–water partition coefficient (Wildman–Crippen LogP) is 1.57. The van der Waals surface area contributed by atoms with Gasteiger partial charge in [-0.05, 0) is 24.5 Å². The quantitative estimate of drug-likeness (QED) is 0.745. The van der Waals surface area contributed by atoms with Crippen LogP contribution in [0.4, 0.5) is 5.69 Å². The molecule has 0 bridgehead atoms. The summed E-state index contributed by atoms with van der Waals surface area (Å²) in [6, 6.07) is 17.5. The molecule has 2 saturated heterocycles. The lowest BCUT2D eigenvalue weighted by atomic mass is 9.76. The molecule has 4 atom stereocenters. The van der Waals surface area contributed by atoms with Crippen molar-refractivity contribution in [3.63, 3.8) is 0 Å². The summed E-state index contributed by atoms with van der Waals surface area (Å²) < 4.78 is 0. The van der Waals surface area contributed by atoms with Gasteiger partial charge < -0.3 is 10.6 Å². The Kier molecular flexibility index (Phi) is 4.09. The van der Waals surface area contributed by atoms with E-state index in [1.54, 1.807) is 4.90 Å². The van der Waals surface area contributed by atoms with Crippen LogP contribution in [-0.2, 0) is 26.3 Å². The molecule has 2 aromatic rings. The van der Waals surface area contributed by atoms with Gasteiger partial charge >= 0.3 is 0 Å². The minimum atomic E-state index is -1.07. The number of benzene rings is 2. The Balaban J connectivity index is 1.47. The molecular formula is C25H26N3O3+. The van der Waals surface area contributed by atoms with Crippen molar-refractivity contribution in [3.8, 4) is 0 Å². The number of fused-ring (bicyclic) bond motifs is 4. The van der Waals surface area contributed by atoms with E-state index in [0.29, 0.717) is 6.42 Å². The van der Waals surface area contributed by atoms with Gasteiger partial charge in [-0.25, -0.2) is 0 Å². The second kappa shape index (κ2) is 6.76. The number of carbonyl (C=O) groups excluding carboxylic acids is 3.